The molecule has 0 aliphatic heterocycles. The maximum Gasteiger partial charge on any atom is 0.0532 e. The summed E-state index contributed by atoms with van der Waals surface area (Å²) in [4.78, 5) is 0. The molecule has 1 aromatic heterocycles. The quantitative estimate of drug-likeness (QED) is 0.842. The van der Waals surface area contributed by atoms with Crippen LogP contribution in [0.15, 0.2) is 12.4 Å². The minimum Gasteiger partial charge on any atom is -0.309 e. The van der Waals surface area contributed by atoms with Crippen LogP contribution < -0.4 is 5.32 Å². The zero-order valence-corrected chi connectivity index (χ0v) is 11.1. The summed E-state index contributed by atoms with van der Waals surface area (Å²) in [6, 6.07) is 0.672. The number of nitrogens with zero attached hydrogens (tertiary/aromatic N) is 1. The number of nitrogens with one attached hydrogen (secondary N) is 2. The molecule has 2 N–H and O–H groups in total. The van der Waals surface area contributed by atoms with Gasteiger partial charge >= 0.3 is 0 Å². The summed E-state index contributed by atoms with van der Waals surface area (Å²) in [6.45, 7) is 8.35. The SMILES string of the molecule is CC1(C)C2CCC1(C)C(NCc1cn[nH]c1)C2. The first kappa shape index (κ1) is 11.3. The highest BCUT2D eigenvalue weighted by Gasteiger charge is 2.60. The second-order valence-corrected chi connectivity index (χ2v) is 6.65. The van der Waals surface area contributed by atoms with E-state index >= 15 is 0 Å². The Morgan fingerprint density at radius 3 is 2.82 bits per heavy atom. The highest BCUT2D eigenvalue weighted by atomic mass is 15.1. The minimum absolute atomic E-state index is 0.474. The lowest BCUT2D eigenvalue weighted by molar-refractivity contribution is 0.120. The highest BCUT2D eigenvalue weighted by Crippen LogP contribution is 2.65. The molecule has 2 saturated carbocycles. The molecule has 0 spiro atoms. The van der Waals surface area contributed by atoms with Gasteiger partial charge in [0, 0.05) is 24.3 Å². The van der Waals surface area contributed by atoms with Gasteiger partial charge in [0.15, 0.2) is 0 Å². The predicted octanol–water partition coefficient (Wildman–Crippen LogP) is 2.71. The molecule has 0 amide bonds. The minimum atomic E-state index is 0.474. The van der Waals surface area contributed by atoms with Crippen molar-refractivity contribution < 1.29 is 0 Å². The first-order chi connectivity index (χ1) is 8.04. The number of fused-ring (bicyclic) bond motifs is 2. The van der Waals surface area contributed by atoms with E-state index < -0.39 is 0 Å². The van der Waals surface area contributed by atoms with Gasteiger partial charge in [-0.05, 0) is 36.0 Å². The Hall–Kier alpha value is -0.830. The topological polar surface area (TPSA) is 40.7 Å². The first-order valence-corrected chi connectivity index (χ1v) is 6.75. The van der Waals surface area contributed by atoms with Crippen LogP contribution in [0.25, 0.3) is 0 Å². The van der Waals surface area contributed by atoms with Gasteiger partial charge < -0.3 is 5.32 Å². The van der Waals surface area contributed by atoms with Crippen LogP contribution in [-0.4, -0.2) is 16.2 Å². The Kier molecular flexibility index (Phi) is 2.37. The van der Waals surface area contributed by atoms with E-state index in [1.807, 2.05) is 12.4 Å². The zero-order valence-electron chi connectivity index (χ0n) is 11.1. The Morgan fingerprint density at radius 2 is 2.29 bits per heavy atom. The molecule has 2 aliphatic carbocycles. The number of H-pyrrole nitrogens is 1. The number of hydrogen-bond acceptors (Lipinski definition) is 2. The van der Waals surface area contributed by atoms with Crippen LogP contribution in [0.5, 0.6) is 0 Å². The summed E-state index contributed by atoms with van der Waals surface area (Å²) in [5.41, 5.74) is 2.23. The zero-order chi connectivity index (χ0) is 12.1. The molecule has 3 atom stereocenters. The van der Waals surface area contributed by atoms with E-state index in [1.165, 1.54) is 24.8 Å². The maximum absolute atomic E-state index is 4.00. The maximum atomic E-state index is 4.00. The second kappa shape index (κ2) is 3.58. The molecule has 1 aromatic rings. The Balaban J connectivity index is 1.70. The summed E-state index contributed by atoms with van der Waals surface area (Å²) < 4.78 is 0. The Labute approximate surface area is 103 Å². The van der Waals surface area contributed by atoms with Gasteiger partial charge in [-0.3, -0.25) is 5.10 Å². The molecule has 17 heavy (non-hydrogen) atoms. The lowest BCUT2D eigenvalue weighted by atomic mass is 9.69. The van der Waals surface area contributed by atoms with Gasteiger partial charge in [-0.1, -0.05) is 20.8 Å². The van der Waals surface area contributed by atoms with Crippen molar-refractivity contribution in [1.82, 2.24) is 15.5 Å². The first-order valence-electron chi connectivity index (χ1n) is 6.75. The van der Waals surface area contributed by atoms with E-state index in [2.05, 4.69) is 36.3 Å². The van der Waals surface area contributed by atoms with Crippen molar-refractivity contribution in [3.63, 3.8) is 0 Å². The van der Waals surface area contributed by atoms with Crippen LogP contribution in [0.4, 0.5) is 0 Å². The molecule has 3 unspecified atom stereocenters. The molecular formula is C14H23N3. The number of hydrogen-bond donors (Lipinski definition) is 2. The molecule has 3 rings (SSSR count). The Morgan fingerprint density at radius 1 is 1.47 bits per heavy atom. The van der Waals surface area contributed by atoms with Crippen molar-refractivity contribution in [3.8, 4) is 0 Å². The lowest BCUT2D eigenvalue weighted by Crippen LogP contribution is -2.44. The normalized spacial score (nSPS) is 38.8. The molecule has 2 bridgehead atoms. The summed E-state index contributed by atoms with van der Waals surface area (Å²) in [6.07, 6.45) is 8.05. The van der Waals surface area contributed by atoms with Gasteiger partial charge in [0.05, 0.1) is 6.20 Å². The lowest BCUT2D eigenvalue weighted by Gasteiger charge is -2.39. The fourth-order valence-corrected chi connectivity index (χ4v) is 4.13. The predicted molar refractivity (Wildman–Crippen MR) is 68.4 cm³/mol. The van der Waals surface area contributed by atoms with E-state index in [4.69, 9.17) is 0 Å². The van der Waals surface area contributed by atoms with Crippen molar-refractivity contribution in [1.29, 1.82) is 0 Å². The number of aromatic nitrogens is 2. The van der Waals surface area contributed by atoms with Crippen molar-refractivity contribution in [2.45, 2.75) is 52.6 Å². The fraction of sp³-hybridized carbons (Fsp3) is 0.786. The van der Waals surface area contributed by atoms with Crippen LogP contribution in [0, 0.1) is 16.7 Å². The average molecular weight is 233 g/mol. The largest absolute Gasteiger partial charge is 0.309 e. The molecule has 3 heteroatoms. The van der Waals surface area contributed by atoms with E-state index in [0.29, 0.717) is 16.9 Å². The molecule has 2 aliphatic rings. The summed E-state index contributed by atoms with van der Waals surface area (Å²) in [5, 5.41) is 10.6. The van der Waals surface area contributed by atoms with E-state index in [0.717, 1.165) is 12.5 Å². The van der Waals surface area contributed by atoms with Crippen LogP contribution >= 0.6 is 0 Å². The van der Waals surface area contributed by atoms with Crippen LogP contribution in [0.1, 0.15) is 45.6 Å². The van der Waals surface area contributed by atoms with Gasteiger partial charge in [-0.2, -0.15) is 5.10 Å². The average Bonchev–Trinajstić information content (AvgIpc) is 2.91. The Bertz CT molecular complexity index is 396. The van der Waals surface area contributed by atoms with Gasteiger partial charge in [-0.15, -0.1) is 0 Å². The third-order valence-corrected chi connectivity index (χ3v) is 5.90. The molecule has 1 heterocycles. The molecule has 0 aromatic carbocycles. The van der Waals surface area contributed by atoms with E-state index in [9.17, 15) is 0 Å². The van der Waals surface area contributed by atoms with Gasteiger partial charge in [0.25, 0.3) is 0 Å². The highest BCUT2D eigenvalue weighted by molar-refractivity contribution is 5.14. The smallest absolute Gasteiger partial charge is 0.0532 e. The molecule has 2 fully saturated rings. The van der Waals surface area contributed by atoms with Crippen LogP contribution in [0.3, 0.4) is 0 Å². The summed E-state index contributed by atoms with van der Waals surface area (Å²) in [7, 11) is 0. The number of rotatable bonds is 3. The van der Waals surface area contributed by atoms with E-state index in [1.54, 1.807) is 0 Å². The summed E-state index contributed by atoms with van der Waals surface area (Å²) >= 11 is 0. The monoisotopic (exact) mass is 233 g/mol. The van der Waals surface area contributed by atoms with Crippen LogP contribution in [0.2, 0.25) is 0 Å². The molecular weight excluding hydrogens is 210 g/mol. The fourth-order valence-electron chi connectivity index (χ4n) is 4.13. The van der Waals surface area contributed by atoms with Crippen molar-refractivity contribution >= 4 is 0 Å². The molecule has 0 radical (unpaired) electrons. The molecule has 0 saturated heterocycles. The van der Waals surface area contributed by atoms with Crippen molar-refractivity contribution in [2.24, 2.45) is 16.7 Å². The van der Waals surface area contributed by atoms with Gasteiger partial charge in [0.2, 0.25) is 0 Å². The van der Waals surface area contributed by atoms with Crippen molar-refractivity contribution in [3.05, 3.63) is 18.0 Å². The van der Waals surface area contributed by atoms with Gasteiger partial charge in [0.1, 0.15) is 0 Å². The standard InChI is InChI=1S/C14H23N3/c1-13(2)11-4-5-14(13,3)12(6-11)15-7-10-8-16-17-9-10/h8-9,11-12,15H,4-7H2,1-3H3,(H,16,17). The van der Waals surface area contributed by atoms with E-state index in [-0.39, 0.29) is 0 Å². The third kappa shape index (κ3) is 1.48. The van der Waals surface area contributed by atoms with Crippen molar-refractivity contribution in [2.75, 3.05) is 0 Å². The van der Waals surface area contributed by atoms with Gasteiger partial charge in [-0.25, -0.2) is 0 Å². The van der Waals surface area contributed by atoms with Crippen LogP contribution in [-0.2, 0) is 6.54 Å². The number of aromatic amines is 1. The summed E-state index contributed by atoms with van der Waals surface area (Å²) in [5.74, 6) is 0.911. The third-order valence-electron chi connectivity index (χ3n) is 5.90. The molecule has 3 nitrogen and oxygen atoms in total. The second-order valence-electron chi connectivity index (χ2n) is 6.65. The molecule has 94 valence electrons.